The first-order valence-corrected chi connectivity index (χ1v) is 4.41. The minimum absolute atomic E-state index is 0.00204. The van der Waals surface area contributed by atoms with Crippen molar-refractivity contribution in [3.05, 3.63) is 12.3 Å². The molecule has 1 fully saturated rings. The van der Waals surface area contributed by atoms with Crippen molar-refractivity contribution < 1.29 is 4.79 Å². The molecule has 0 spiro atoms. The predicted octanol–water partition coefficient (Wildman–Crippen LogP) is 1.72. The van der Waals surface area contributed by atoms with Crippen molar-refractivity contribution in [3.63, 3.8) is 0 Å². The quantitative estimate of drug-likeness (QED) is 0.635. The van der Waals surface area contributed by atoms with Gasteiger partial charge in [0.15, 0.2) is 0 Å². The standard InChI is InChI=1S/C9H16N2O/c1-8(2)10-9(12)11-6-4-3-5-7-11/h1,3-7H2,2H3,(H,10,12). The number of carbonyl (C=O) groups excluding carboxylic acids is 1. The van der Waals surface area contributed by atoms with Crippen LogP contribution in [-0.4, -0.2) is 24.0 Å². The Labute approximate surface area is 73.4 Å². The highest BCUT2D eigenvalue weighted by Crippen LogP contribution is 2.08. The Morgan fingerprint density at radius 2 is 1.92 bits per heavy atom. The van der Waals surface area contributed by atoms with E-state index in [1.165, 1.54) is 6.42 Å². The third kappa shape index (κ3) is 2.57. The highest BCUT2D eigenvalue weighted by Gasteiger charge is 2.15. The van der Waals surface area contributed by atoms with E-state index in [2.05, 4.69) is 11.9 Å². The molecule has 3 heteroatoms. The molecule has 0 aromatic rings. The van der Waals surface area contributed by atoms with Crippen molar-refractivity contribution in [1.29, 1.82) is 0 Å². The van der Waals surface area contributed by atoms with Crippen LogP contribution in [0, 0.1) is 0 Å². The molecule has 12 heavy (non-hydrogen) atoms. The van der Waals surface area contributed by atoms with Gasteiger partial charge in [-0.2, -0.15) is 0 Å². The summed E-state index contributed by atoms with van der Waals surface area (Å²) in [6.45, 7) is 7.20. The molecule has 0 unspecified atom stereocenters. The minimum Gasteiger partial charge on any atom is -0.325 e. The Kier molecular flexibility index (Phi) is 3.14. The Bertz CT molecular complexity index is 183. The molecule has 0 saturated carbocycles. The number of piperidine rings is 1. The van der Waals surface area contributed by atoms with Gasteiger partial charge in [-0.25, -0.2) is 4.79 Å². The summed E-state index contributed by atoms with van der Waals surface area (Å²) in [5.74, 6) is 0. The van der Waals surface area contributed by atoms with Gasteiger partial charge in [-0.3, -0.25) is 0 Å². The highest BCUT2D eigenvalue weighted by atomic mass is 16.2. The van der Waals surface area contributed by atoms with Crippen LogP contribution >= 0.6 is 0 Å². The van der Waals surface area contributed by atoms with Gasteiger partial charge in [0.1, 0.15) is 0 Å². The highest BCUT2D eigenvalue weighted by molar-refractivity contribution is 5.75. The summed E-state index contributed by atoms with van der Waals surface area (Å²) in [5.41, 5.74) is 0.713. The van der Waals surface area contributed by atoms with E-state index in [9.17, 15) is 4.79 Å². The smallest absolute Gasteiger partial charge is 0.321 e. The van der Waals surface area contributed by atoms with E-state index >= 15 is 0 Å². The Morgan fingerprint density at radius 3 is 2.42 bits per heavy atom. The summed E-state index contributed by atoms with van der Waals surface area (Å²) in [6.07, 6.45) is 3.50. The molecule has 1 saturated heterocycles. The third-order valence-corrected chi connectivity index (χ3v) is 1.96. The van der Waals surface area contributed by atoms with Crippen LogP contribution in [0.4, 0.5) is 4.79 Å². The molecule has 1 aliphatic heterocycles. The Balaban J connectivity index is 2.34. The van der Waals surface area contributed by atoms with Gasteiger partial charge in [0.05, 0.1) is 0 Å². The van der Waals surface area contributed by atoms with Crippen LogP contribution in [0.5, 0.6) is 0 Å². The molecular formula is C9H16N2O. The maximum absolute atomic E-state index is 11.4. The molecule has 0 radical (unpaired) electrons. The average Bonchev–Trinajstić information content (AvgIpc) is 2.05. The lowest BCUT2D eigenvalue weighted by Crippen LogP contribution is -2.41. The maximum atomic E-state index is 11.4. The SMILES string of the molecule is C=C(C)NC(=O)N1CCCCC1. The van der Waals surface area contributed by atoms with E-state index in [0.29, 0.717) is 5.70 Å². The number of nitrogens with one attached hydrogen (secondary N) is 1. The van der Waals surface area contributed by atoms with Crippen molar-refractivity contribution in [3.8, 4) is 0 Å². The molecule has 0 aromatic carbocycles. The number of likely N-dealkylation sites (tertiary alicyclic amines) is 1. The molecular weight excluding hydrogens is 152 g/mol. The molecule has 1 N–H and O–H groups in total. The van der Waals surface area contributed by atoms with E-state index in [0.717, 1.165) is 25.9 Å². The van der Waals surface area contributed by atoms with Crippen molar-refractivity contribution in [2.45, 2.75) is 26.2 Å². The van der Waals surface area contributed by atoms with Crippen molar-refractivity contribution in [2.75, 3.05) is 13.1 Å². The second-order valence-electron chi connectivity index (χ2n) is 3.26. The number of urea groups is 1. The molecule has 1 aliphatic rings. The monoisotopic (exact) mass is 168 g/mol. The van der Waals surface area contributed by atoms with E-state index in [1.807, 2.05) is 4.90 Å². The van der Waals surface area contributed by atoms with Gasteiger partial charge in [0, 0.05) is 18.8 Å². The molecule has 0 aromatic heterocycles. The lowest BCUT2D eigenvalue weighted by Gasteiger charge is -2.26. The van der Waals surface area contributed by atoms with Crippen LogP contribution < -0.4 is 5.32 Å². The number of hydrogen-bond acceptors (Lipinski definition) is 1. The molecule has 1 heterocycles. The minimum atomic E-state index is 0.00204. The molecule has 0 aliphatic carbocycles. The van der Waals surface area contributed by atoms with Crippen LogP contribution in [-0.2, 0) is 0 Å². The van der Waals surface area contributed by atoms with Gasteiger partial charge >= 0.3 is 6.03 Å². The summed E-state index contributed by atoms with van der Waals surface area (Å²) < 4.78 is 0. The number of amides is 2. The first-order chi connectivity index (χ1) is 5.70. The predicted molar refractivity (Wildman–Crippen MR) is 48.8 cm³/mol. The van der Waals surface area contributed by atoms with Crippen LogP contribution in [0.1, 0.15) is 26.2 Å². The van der Waals surface area contributed by atoms with Crippen molar-refractivity contribution in [2.24, 2.45) is 0 Å². The molecule has 68 valence electrons. The van der Waals surface area contributed by atoms with Crippen LogP contribution in [0.25, 0.3) is 0 Å². The van der Waals surface area contributed by atoms with Gasteiger partial charge in [0.2, 0.25) is 0 Å². The second-order valence-corrected chi connectivity index (χ2v) is 3.26. The zero-order valence-corrected chi connectivity index (χ0v) is 7.60. The van der Waals surface area contributed by atoms with Crippen LogP contribution in [0.3, 0.4) is 0 Å². The maximum Gasteiger partial charge on any atom is 0.321 e. The lowest BCUT2D eigenvalue weighted by molar-refractivity contribution is 0.189. The Hall–Kier alpha value is -0.990. The fourth-order valence-corrected chi connectivity index (χ4v) is 1.36. The first-order valence-electron chi connectivity index (χ1n) is 4.41. The van der Waals surface area contributed by atoms with Crippen molar-refractivity contribution >= 4 is 6.03 Å². The van der Waals surface area contributed by atoms with Crippen LogP contribution in [0.15, 0.2) is 12.3 Å². The van der Waals surface area contributed by atoms with Crippen molar-refractivity contribution in [1.82, 2.24) is 10.2 Å². The van der Waals surface area contributed by atoms with E-state index < -0.39 is 0 Å². The fourth-order valence-electron chi connectivity index (χ4n) is 1.36. The summed E-state index contributed by atoms with van der Waals surface area (Å²) in [7, 11) is 0. The number of rotatable bonds is 1. The van der Waals surface area contributed by atoms with Gasteiger partial charge in [-0.15, -0.1) is 0 Å². The van der Waals surface area contributed by atoms with Crippen LogP contribution in [0.2, 0.25) is 0 Å². The number of nitrogens with zero attached hydrogens (tertiary/aromatic N) is 1. The summed E-state index contributed by atoms with van der Waals surface area (Å²) >= 11 is 0. The van der Waals surface area contributed by atoms with Gasteiger partial charge < -0.3 is 10.2 Å². The van der Waals surface area contributed by atoms with E-state index in [-0.39, 0.29) is 6.03 Å². The second kappa shape index (κ2) is 4.14. The molecule has 1 rings (SSSR count). The van der Waals surface area contributed by atoms with E-state index in [4.69, 9.17) is 0 Å². The van der Waals surface area contributed by atoms with E-state index in [1.54, 1.807) is 6.92 Å². The summed E-state index contributed by atoms with van der Waals surface area (Å²) in [6, 6.07) is 0.00204. The largest absolute Gasteiger partial charge is 0.325 e. The average molecular weight is 168 g/mol. The lowest BCUT2D eigenvalue weighted by atomic mass is 10.1. The van der Waals surface area contributed by atoms with Gasteiger partial charge in [-0.1, -0.05) is 6.58 Å². The Morgan fingerprint density at radius 1 is 1.33 bits per heavy atom. The zero-order valence-electron chi connectivity index (χ0n) is 7.60. The number of allylic oxidation sites excluding steroid dienone is 1. The first kappa shape index (κ1) is 9.10. The molecule has 0 bridgehead atoms. The number of carbonyl (C=O) groups is 1. The van der Waals surface area contributed by atoms with Gasteiger partial charge in [-0.05, 0) is 26.2 Å². The molecule has 0 atom stereocenters. The third-order valence-electron chi connectivity index (χ3n) is 1.96. The molecule has 3 nitrogen and oxygen atoms in total. The fraction of sp³-hybridized carbons (Fsp3) is 0.667. The topological polar surface area (TPSA) is 32.3 Å². The summed E-state index contributed by atoms with van der Waals surface area (Å²) in [4.78, 5) is 13.2. The molecule has 2 amide bonds. The normalized spacial score (nSPS) is 17.2. The summed E-state index contributed by atoms with van der Waals surface area (Å²) in [5, 5.41) is 2.70. The zero-order chi connectivity index (χ0) is 8.97. The van der Waals surface area contributed by atoms with Gasteiger partial charge in [0.25, 0.3) is 0 Å². The number of hydrogen-bond donors (Lipinski definition) is 1.